The van der Waals surface area contributed by atoms with Crippen LogP contribution >= 0.6 is 0 Å². The predicted octanol–water partition coefficient (Wildman–Crippen LogP) is 5.48. The molecule has 2 saturated heterocycles. The Morgan fingerprint density at radius 3 is 2.22 bits per heavy atom. The summed E-state index contributed by atoms with van der Waals surface area (Å²) in [6.45, 7) is 2.94. The van der Waals surface area contributed by atoms with Crippen LogP contribution < -0.4 is 0 Å². The number of ketones is 1. The molecule has 6 heteroatoms. The smallest absolute Gasteiger partial charge is 0.410 e. The number of piperidine rings is 1. The predicted molar refractivity (Wildman–Crippen MR) is 138 cm³/mol. The Labute approximate surface area is 216 Å². The van der Waals surface area contributed by atoms with Gasteiger partial charge in [0.2, 0.25) is 0 Å². The van der Waals surface area contributed by atoms with Gasteiger partial charge in [-0.05, 0) is 59.7 Å². The number of carbonyl (C=O) groups excluding carboxylic acids is 2. The molecule has 1 aliphatic carbocycles. The van der Waals surface area contributed by atoms with Crippen LogP contribution in [0.2, 0.25) is 0 Å². The molecule has 0 spiro atoms. The highest BCUT2D eigenvalue weighted by Crippen LogP contribution is 2.44. The molecule has 2 atom stereocenters. The van der Waals surface area contributed by atoms with E-state index in [9.17, 15) is 14.9 Å². The van der Waals surface area contributed by atoms with Crippen LogP contribution in [-0.2, 0) is 9.47 Å². The number of benzene rings is 3. The van der Waals surface area contributed by atoms with Crippen LogP contribution in [0, 0.1) is 24.2 Å². The van der Waals surface area contributed by atoms with Crippen LogP contribution in [0.25, 0.3) is 11.1 Å². The molecule has 3 aromatic carbocycles. The third kappa shape index (κ3) is 4.10. The Balaban J connectivity index is 1.17. The van der Waals surface area contributed by atoms with Crippen LogP contribution in [0.5, 0.6) is 0 Å². The van der Waals surface area contributed by atoms with Crippen molar-refractivity contribution in [1.29, 1.82) is 5.26 Å². The lowest BCUT2D eigenvalue weighted by Gasteiger charge is -2.47. The number of amides is 1. The SMILES string of the molecule is Cc1ccc(C#N)cc1C(=O)C1CC2COCC(C1)N2C(=O)OCC1c2ccccc2-c2ccccc21. The van der Waals surface area contributed by atoms with Crippen LogP contribution in [-0.4, -0.2) is 48.7 Å². The Morgan fingerprint density at radius 2 is 1.59 bits per heavy atom. The summed E-state index contributed by atoms with van der Waals surface area (Å²) < 4.78 is 11.7. The van der Waals surface area contributed by atoms with Gasteiger partial charge in [-0.2, -0.15) is 5.26 Å². The van der Waals surface area contributed by atoms with E-state index in [2.05, 4.69) is 30.3 Å². The fourth-order valence-electron chi connectivity index (χ4n) is 6.27. The van der Waals surface area contributed by atoms with E-state index >= 15 is 0 Å². The van der Waals surface area contributed by atoms with Crippen molar-refractivity contribution in [2.75, 3.05) is 19.8 Å². The van der Waals surface area contributed by atoms with Crippen LogP contribution in [0.3, 0.4) is 0 Å². The minimum absolute atomic E-state index is 0.00180. The molecule has 2 bridgehead atoms. The highest BCUT2D eigenvalue weighted by molar-refractivity contribution is 5.99. The fraction of sp³-hybridized carbons (Fsp3) is 0.323. The van der Waals surface area contributed by atoms with Gasteiger partial charge in [0.15, 0.2) is 5.78 Å². The monoisotopic (exact) mass is 492 g/mol. The molecule has 6 rings (SSSR count). The van der Waals surface area contributed by atoms with Gasteiger partial charge in [-0.3, -0.25) is 9.69 Å². The number of fused-ring (bicyclic) bond motifs is 5. The maximum absolute atomic E-state index is 13.4. The molecule has 6 nitrogen and oxygen atoms in total. The summed E-state index contributed by atoms with van der Waals surface area (Å²) in [6, 6.07) is 23.5. The summed E-state index contributed by atoms with van der Waals surface area (Å²) in [4.78, 5) is 28.7. The molecule has 1 amide bonds. The van der Waals surface area contributed by atoms with E-state index in [0.717, 1.165) is 5.56 Å². The van der Waals surface area contributed by atoms with Crippen LogP contribution in [0.4, 0.5) is 4.79 Å². The molecule has 3 aromatic rings. The fourth-order valence-corrected chi connectivity index (χ4v) is 6.27. The second-order valence-electron chi connectivity index (χ2n) is 10.2. The van der Waals surface area contributed by atoms with E-state index < -0.39 is 0 Å². The van der Waals surface area contributed by atoms with Gasteiger partial charge in [0.25, 0.3) is 0 Å². The molecule has 0 aromatic heterocycles. The second-order valence-corrected chi connectivity index (χ2v) is 10.2. The molecular formula is C31H28N2O4. The van der Waals surface area contributed by atoms with Crippen molar-refractivity contribution in [2.45, 2.75) is 37.8 Å². The zero-order chi connectivity index (χ0) is 25.5. The molecule has 2 heterocycles. The van der Waals surface area contributed by atoms with E-state index in [1.807, 2.05) is 37.3 Å². The van der Waals surface area contributed by atoms with Crippen molar-refractivity contribution in [2.24, 2.45) is 5.92 Å². The summed E-state index contributed by atoms with van der Waals surface area (Å²) in [6.07, 6.45) is 0.708. The molecule has 186 valence electrons. The summed E-state index contributed by atoms with van der Waals surface area (Å²) >= 11 is 0. The van der Waals surface area contributed by atoms with E-state index in [0.29, 0.717) is 37.2 Å². The number of carbonyl (C=O) groups is 2. The van der Waals surface area contributed by atoms with Crippen LogP contribution in [0.1, 0.15) is 51.4 Å². The summed E-state index contributed by atoms with van der Waals surface area (Å²) in [7, 11) is 0. The van der Waals surface area contributed by atoms with Crippen molar-refractivity contribution in [1.82, 2.24) is 4.90 Å². The highest BCUT2D eigenvalue weighted by Gasteiger charge is 2.45. The molecule has 0 saturated carbocycles. The Kier molecular flexibility index (Phi) is 6.02. The van der Waals surface area contributed by atoms with Gasteiger partial charge in [-0.15, -0.1) is 0 Å². The second kappa shape index (κ2) is 9.49. The van der Waals surface area contributed by atoms with Crippen molar-refractivity contribution in [3.05, 3.63) is 94.5 Å². The standard InChI is InChI=1S/C31H28N2O4/c1-19-10-11-20(15-32)12-28(19)30(34)21-13-22-16-36-17-23(14-21)33(22)31(35)37-18-29-26-8-4-2-6-24(26)25-7-3-5-9-27(25)29/h2-12,21-23,29H,13-14,16-18H2,1H3. The average Bonchev–Trinajstić information content (AvgIpc) is 3.24. The Bertz CT molecular complexity index is 1370. The molecule has 2 fully saturated rings. The number of hydrogen-bond donors (Lipinski definition) is 0. The van der Waals surface area contributed by atoms with Gasteiger partial charge in [-0.1, -0.05) is 54.6 Å². The quantitative estimate of drug-likeness (QED) is 0.451. The van der Waals surface area contributed by atoms with Gasteiger partial charge in [0, 0.05) is 17.4 Å². The lowest BCUT2D eigenvalue weighted by Crippen LogP contribution is -2.60. The number of nitrogens with zero attached hydrogens (tertiary/aromatic N) is 2. The minimum Gasteiger partial charge on any atom is -0.448 e. The topological polar surface area (TPSA) is 79.6 Å². The first-order valence-electron chi connectivity index (χ1n) is 12.8. The van der Waals surface area contributed by atoms with Gasteiger partial charge < -0.3 is 9.47 Å². The summed E-state index contributed by atoms with van der Waals surface area (Å²) in [5.74, 6) is -0.176. The zero-order valence-electron chi connectivity index (χ0n) is 20.7. The normalized spacial score (nSPS) is 22.1. The first-order chi connectivity index (χ1) is 18.0. The number of rotatable bonds is 4. The maximum atomic E-state index is 13.4. The zero-order valence-corrected chi connectivity index (χ0v) is 20.7. The molecule has 0 radical (unpaired) electrons. The largest absolute Gasteiger partial charge is 0.448 e. The van der Waals surface area contributed by atoms with Crippen molar-refractivity contribution >= 4 is 11.9 Å². The van der Waals surface area contributed by atoms with Crippen molar-refractivity contribution < 1.29 is 19.1 Å². The number of hydrogen-bond acceptors (Lipinski definition) is 5. The van der Waals surface area contributed by atoms with E-state index in [1.54, 1.807) is 17.0 Å². The van der Waals surface area contributed by atoms with E-state index in [-0.39, 0.29) is 42.4 Å². The third-order valence-corrected chi connectivity index (χ3v) is 8.07. The average molecular weight is 493 g/mol. The van der Waals surface area contributed by atoms with Gasteiger partial charge in [0.05, 0.1) is 36.9 Å². The number of Topliss-reactive ketones (excluding diaryl/α,β-unsaturated/α-hetero) is 1. The number of aryl methyl sites for hydroxylation is 1. The number of ether oxygens (including phenoxy) is 2. The molecule has 2 aliphatic heterocycles. The lowest BCUT2D eigenvalue weighted by molar-refractivity contribution is -0.0747. The maximum Gasteiger partial charge on any atom is 0.410 e. The number of morpholine rings is 1. The highest BCUT2D eigenvalue weighted by atomic mass is 16.6. The molecule has 2 unspecified atom stereocenters. The summed E-state index contributed by atoms with van der Waals surface area (Å²) in [5.41, 5.74) is 6.69. The van der Waals surface area contributed by atoms with Crippen LogP contribution in [0.15, 0.2) is 66.7 Å². The minimum atomic E-state index is -0.339. The molecule has 3 aliphatic rings. The number of nitriles is 1. The summed E-state index contributed by atoms with van der Waals surface area (Å²) in [5, 5.41) is 9.27. The third-order valence-electron chi connectivity index (χ3n) is 8.07. The molecule has 0 N–H and O–H groups in total. The Morgan fingerprint density at radius 1 is 0.973 bits per heavy atom. The molecule has 37 heavy (non-hydrogen) atoms. The van der Waals surface area contributed by atoms with E-state index in [4.69, 9.17) is 9.47 Å². The first-order valence-corrected chi connectivity index (χ1v) is 12.8. The lowest BCUT2D eigenvalue weighted by atomic mass is 9.80. The van der Waals surface area contributed by atoms with Crippen molar-refractivity contribution in [3.8, 4) is 17.2 Å². The van der Waals surface area contributed by atoms with Gasteiger partial charge >= 0.3 is 6.09 Å². The van der Waals surface area contributed by atoms with Crippen molar-refractivity contribution in [3.63, 3.8) is 0 Å². The van der Waals surface area contributed by atoms with Gasteiger partial charge in [-0.25, -0.2) is 4.79 Å². The first kappa shape index (κ1) is 23.4. The molecular weight excluding hydrogens is 464 g/mol. The Hall–Kier alpha value is -3.95. The van der Waals surface area contributed by atoms with E-state index in [1.165, 1.54) is 22.3 Å². The van der Waals surface area contributed by atoms with Gasteiger partial charge in [0.1, 0.15) is 6.61 Å².